The van der Waals surface area contributed by atoms with Crippen LogP contribution in [0.2, 0.25) is 0 Å². The number of carbonyl (C=O) groups is 2. The molecule has 10 heteroatoms. The molecule has 1 aromatic heterocycles. The number of nitrogens with zero attached hydrogens (tertiary/aromatic N) is 1. The molecule has 1 amide bonds. The summed E-state index contributed by atoms with van der Waals surface area (Å²) in [5, 5.41) is 8.86. The standard InChI is InChI=1S/C32H29F2N3O4S/c33-27-17-28(34)30(36-32(39)22-7-14-42-19-22)18-29(27)35-23-4-6-25-21(15-23)2-1-20-3-5-24(16-26(20)31(25)38)41-13-10-37-8-11-40-12-9-37/h3-7,14-19,35H,1-2,8-13H2,(H,36,39). The minimum absolute atomic E-state index is 0.000858. The predicted octanol–water partition coefficient (Wildman–Crippen LogP) is 6.06. The number of anilines is 3. The van der Waals surface area contributed by atoms with E-state index in [1.807, 2.05) is 24.3 Å². The number of fused-ring (bicyclic) bond motifs is 2. The minimum atomic E-state index is -0.878. The molecular formula is C32H29F2N3O4S. The molecule has 0 bridgehead atoms. The highest BCUT2D eigenvalue weighted by atomic mass is 32.1. The van der Waals surface area contributed by atoms with Crippen LogP contribution in [0.25, 0.3) is 0 Å². The Morgan fingerprint density at radius 1 is 0.929 bits per heavy atom. The average Bonchev–Trinajstić information content (AvgIpc) is 3.50. The van der Waals surface area contributed by atoms with Crippen molar-refractivity contribution in [3.05, 3.63) is 105 Å². The Labute approximate surface area is 246 Å². The molecule has 2 heterocycles. The maximum Gasteiger partial charge on any atom is 0.256 e. The van der Waals surface area contributed by atoms with Crippen LogP contribution in [0.4, 0.5) is 25.8 Å². The van der Waals surface area contributed by atoms with Crippen molar-refractivity contribution in [2.75, 3.05) is 50.1 Å². The van der Waals surface area contributed by atoms with Gasteiger partial charge < -0.3 is 20.1 Å². The van der Waals surface area contributed by atoms with Gasteiger partial charge in [-0.15, -0.1) is 0 Å². The van der Waals surface area contributed by atoms with Crippen molar-refractivity contribution >= 4 is 40.1 Å². The molecule has 6 rings (SSSR count). The molecule has 0 saturated carbocycles. The molecule has 216 valence electrons. The summed E-state index contributed by atoms with van der Waals surface area (Å²) in [6.45, 7) is 4.57. The summed E-state index contributed by atoms with van der Waals surface area (Å²) in [6, 6.07) is 14.5. The largest absolute Gasteiger partial charge is 0.492 e. The quantitative estimate of drug-likeness (QED) is 0.260. The number of amides is 1. The average molecular weight is 590 g/mol. The number of ether oxygens (including phenoxy) is 2. The number of thiophene rings is 1. The second-order valence-electron chi connectivity index (χ2n) is 10.2. The van der Waals surface area contributed by atoms with Gasteiger partial charge in [-0.05, 0) is 71.8 Å². The second-order valence-corrected chi connectivity index (χ2v) is 11.0. The lowest BCUT2D eigenvalue weighted by Crippen LogP contribution is -2.38. The molecule has 7 nitrogen and oxygen atoms in total. The van der Waals surface area contributed by atoms with Gasteiger partial charge in [-0.25, -0.2) is 8.78 Å². The van der Waals surface area contributed by atoms with Crippen molar-refractivity contribution in [3.8, 4) is 5.75 Å². The van der Waals surface area contributed by atoms with Crippen molar-refractivity contribution < 1.29 is 27.8 Å². The van der Waals surface area contributed by atoms with Gasteiger partial charge >= 0.3 is 0 Å². The van der Waals surface area contributed by atoms with E-state index in [0.29, 0.717) is 47.6 Å². The second kappa shape index (κ2) is 12.4. The Balaban J connectivity index is 1.16. The Kier molecular flexibility index (Phi) is 8.27. The summed E-state index contributed by atoms with van der Waals surface area (Å²) in [7, 11) is 0. The number of rotatable bonds is 8. The first-order valence-electron chi connectivity index (χ1n) is 13.8. The lowest BCUT2D eigenvalue weighted by atomic mass is 9.98. The van der Waals surface area contributed by atoms with Crippen LogP contribution in [0.15, 0.2) is 65.4 Å². The first-order chi connectivity index (χ1) is 20.4. The molecule has 2 N–H and O–H groups in total. The van der Waals surface area contributed by atoms with E-state index < -0.39 is 17.5 Å². The summed E-state index contributed by atoms with van der Waals surface area (Å²) in [4.78, 5) is 28.3. The van der Waals surface area contributed by atoms with Gasteiger partial charge in [0.15, 0.2) is 5.78 Å². The fourth-order valence-corrected chi connectivity index (χ4v) is 5.83. The number of hydrogen-bond donors (Lipinski definition) is 2. The highest BCUT2D eigenvalue weighted by Gasteiger charge is 2.23. The molecule has 0 unspecified atom stereocenters. The molecule has 0 radical (unpaired) electrons. The molecule has 1 fully saturated rings. The van der Waals surface area contributed by atoms with Crippen molar-refractivity contribution in [3.63, 3.8) is 0 Å². The van der Waals surface area contributed by atoms with Crippen LogP contribution in [0, 0.1) is 11.6 Å². The third-order valence-electron chi connectivity index (χ3n) is 7.49. The zero-order valence-electron chi connectivity index (χ0n) is 22.8. The number of nitrogens with one attached hydrogen (secondary N) is 2. The Hall–Kier alpha value is -4.12. The van der Waals surface area contributed by atoms with E-state index in [2.05, 4.69) is 15.5 Å². The van der Waals surface area contributed by atoms with Crippen LogP contribution >= 0.6 is 11.3 Å². The third kappa shape index (κ3) is 6.20. The highest BCUT2D eigenvalue weighted by molar-refractivity contribution is 7.08. The summed E-state index contributed by atoms with van der Waals surface area (Å²) >= 11 is 1.35. The number of ketones is 1. The van der Waals surface area contributed by atoms with Crippen molar-refractivity contribution in [2.45, 2.75) is 12.8 Å². The number of morpholine rings is 1. The van der Waals surface area contributed by atoms with Crippen LogP contribution in [0.1, 0.15) is 37.4 Å². The summed E-state index contributed by atoms with van der Waals surface area (Å²) in [6.07, 6.45) is 1.28. The fraction of sp³-hybridized carbons (Fsp3) is 0.250. The van der Waals surface area contributed by atoms with Gasteiger partial charge in [0.1, 0.15) is 24.0 Å². The lowest BCUT2D eigenvalue weighted by molar-refractivity contribution is 0.0322. The van der Waals surface area contributed by atoms with Gasteiger partial charge in [0, 0.05) is 47.9 Å². The van der Waals surface area contributed by atoms with Gasteiger partial charge in [0.2, 0.25) is 0 Å². The van der Waals surface area contributed by atoms with Crippen molar-refractivity contribution in [2.24, 2.45) is 0 Å². The lowest BCUT2D eigenvalue weighted by Gasteiger charge is -2.26. The normalized spacial score (nSPS) is 15.0. The van der Waals surface area contributed by atoms with Crippen molar-refractivity contribution in [1.82, 2.24) is 4.90 Å². The summed E-state index contributed by atoms with van der Waals surface area (Å²) in [5.74, 6) is -1.60. The first-order valence-corrected chi connectivity index (χ1v) is 14.7. The van der Waals surface area contributed by atoms with Crippen LogP contribution < -0.4 is 15.4 Å². The molecular weight excluding hydrogens is 560 g/mol. The van der Waals surface area contributed by atoms with Gasteiger partial charge in [-0.3, -0.25) is 14.5 Å². The van der Waals surface area contributed by atoms with E-state index in [-0.39, 0.29) is 17.2 Å². The number of carbonyl (C=O) groups excluding carboxylic acids is 2. The predicted molar refractivity (Wildman–Crippen MR) is 158 cm³/mol. The Morgan fingerprint density at radius 2 is 1.74 bits per heavy atom. The van der Waals surface area contributed by atoms with Crippen LogP contribution in [-0.4, -0.2) is 56.0 Å². The molecule has 0 atom stereocenters. The van der Waals surface area contributed by atoms with Crippen LogP contribution in [0.3, 0.4) is 0 Å². The zero-order chi connectivity index (χ0) is 29.1. The third-order valence-corrected chi connectivity index (χ3v) is 8.17. The number of halogens is 2. The Morgan fingerprint density at radius 3 is 2.55 bits per heavy atom. The molecule has 1 saturated heterocycles. The molecule has 42 heavy (non-hydrogen) atoms. The van der Waals surface area contributed by atoms with E-state index >= 15 is 0 Å². The van der Waals surface area contributed by atoms with E-state index in [9.17, 15) is 18.4 Å². The topological polar surface area (TPSA) is 79.9 Å². The fourth-order valence-electron chi connectivity index (χ4n) is 5.19. The zero-order valence-corrected chi connectivity index (χ0v) is 23.6. The number of hydrogen-bond acceptors (Lipinski definition) is 7. The van der Waals surface area contributed by atoms with E-state index in [1.165, 1.54) is 17.4 Å². The van der Waals surface area contributed by atoms with E-state index in [0.717, 1.165) is 50.0 Å². The maximum absolute atomic E-state index is 14.7. The van der Waals surface area contributed by atoms with E-state index in [4.69, 9.17) is 9.47 Å². The molecule has 1 aliphatic heterocycles. The summed E-state index contributed by atoms with van der Waals surface area (Å²) in [5.41, 5.74) is 3.76. The highest BCUT2D eigenvalue weighted by Crippen LogP contribution is 2.32. The van der Waals surface area contributed by atoms with Gasteiger partial charge in [-0.2, -0.15) is 11.3 Å². The minimum Gasteiger partial charge on any atom is -0.492 e. The van der Waals surface area contributed by atoms with Gasteiger partial charge in [-0.1, -0.05) is 6.07 Å². The van der Waals surface area contributed by atoms with Crippen LogP contribution in [-0.2, 0) is 17.6 Å². The molecule has 3 aromatic carbocycles. The maximum atomic E-state index is 14.7. The first kappa shape index (κ1) is 28.0. The van der Waals surface area contributed by atoms with Gasteiger partial charge in [0.05, 0.1) is 30.2 Å². The van der Waals surface area contributed by atoms with E-state index in [1.54, 1.807) is 29.0 Å². The molecule has 2 aliphatic rings. The van der Waals surface area contributed by atoms with Crippen LogP contribution in [0.5, 0.6) is 5.75 Å². The Bertz CT molecular complexity index is 1620. The smallest absolute Gasteiger partial charge is 0.256 e. The SMILES string of the molecule is O=C(Nc1cc(Nc2ccc3c(c2)CCc2ccc(OCCN4CCOCC4)cc2C3=O)c(F)cc1F)c1ccsc1. The van der Waals surface area contributed by atoms with Crippen molar-refractivity contribution in [1.29, 1.82) is 0 Å². The number of benzene rings is 3. The monoisotopic (exact) mass is 589 g/mol. The molecule has 4 aromatic rings. The molecule has 0 spiro atoms. The number of aryl methyl sites for hydroxylation is 2. The summed E-state index contributed by atoms with van der Waals surface area (Å²) < 4.78 is 40.5. The van der Waals surface area contributed by atoms with Gasteiger partial charge in [0.25, 0.3) is 5.91 Å². The molecule has 1 aliphatic carbocycles.